The highest BCUT2D eigenvalue weighted by atomic mass is 79.9. The van der Waals surface area contributed by atoms with Gasteiger partial charge in [-0.3, -0.25) is 4.79 Å². The van der Waals surface area contributed by atoms with Gasteiger partial charge < -0.3 is 0 Å². The zero-order valence-corrected chi connectivity index (χ0v) is 14.4. The van der Waals surface area contributed by atoms with Gasteiger partial charge in [-0.2, -0.15) is 0 Å². The number of carbonyl (C=O) groups is 1. The predicted molar refractivity (Wildman–Crippen MR) is 86.2 cm³/mol. The number of ketones is 1. The third kappa shape index (κ3) is 3.10. The zero-order valence-electron chi connectivity index (χ0n) is 10.4. The van der Waals surface area contributed by atoms with Crippen molar-refractivity contribution in [3.05, 3.63) is 66.6 Å². The first-order valence-electron chi connectivity index (χ1n) is 5.66. The van der Waals surface area contributed by atoms with E-state index < -0.39 is 0 Å². The minimum atomic E-state index is -0.00311. The highest BCUT2D eigenvalue weighted by molar-refractivity contribution is 9.10. The average Bonchev–Trinajstić information content (AvgIpc) is 2.33. The summed E-state index contributed by atoms with van der Waals surface area (Å²) >= 11 is 12.8. The number of aryl methyl sites for hydroxylation is 2. The van der Waals surface area contributed by atoms with Gasteiger partial charge in [0.2, 0.25) is 0 Å². The smallest absolute Gasteiger partial charge is 0.194 e. The maximum absolute atomic E-state index is 12.6. The highest BCUT2D eigenvalue weighted by Gasteiger charge is 2.16. The summed E-state index contributed by atoms with van der Waals surface area (Å²) in [6, 6.07) is 9.07. The van der Waals surface area contributed by atoms with Crippen molar-refractivity contribution < 1.29 is 4.79 Å². The van der Waals surface area contributed by atoms with Crippen LogP contribution >= 0.6 is 43.5 Å². The van der Waals surface area contributed by atoms with E-state index in [0.717, 1.165) is 15.6 Å². The van der Waals surface area contributed by atoms with Gasteiger partial charge in [-0.25, -0.2) is 0 Å². The molecule has 19 heavy (non-hydrogen) atoms. The molecule has 0 N–H and O–H groups in total. The molecule has 0 heterocycles. The summed E-state index contributed by atoms with van der Waals surface area (Å²) in [6.07, 6.45) is 0. The Kier molecular flexibility index (Phi) is 4.49. The number of halogens is 3. The van der Waals surface area contributed by atoms with Gasteiger partial charge >= 0.3 is 0 Å². The normalized spacial score (nSPS) is 10.6. The van der Waals surface area contributed by atoms with Crippen LogP contribution in [-0.4, -0.2) is 5.78 Å². The summed E-state index contributed by atoms with van der Waals surface area (Å²) in [5.74, 6) is -0.00311. The van der Waals surface area contributed by atoms with Crippen LogP contribution < -0.4 is 0 Å². The Balaban J connectivity index is 2.53. The molecule has 0 aliphatic rings. The number of rotatable bonds is 2. The van der Waals surface area contributed by atoms with Gasteiger partial charge in [0.1, 0.15) is 0 Å². The number of carbonyl (C=O) groups excluding carboxylic acids is 1. The van der Waals surface area contributed by atoms with E-state index in [2.05, 4.69) is 31.9 Å². The summed E-state index contributed by atoms with van der Waals surface area (Å²) in [6.45, 7) is 3.90. The Morgan fingerprint density at radius 1 is 0.947 bits per heavy atom. The first-order chi connectivity index (χ1) is 8.90. The maximum Gasteiger partial charge on any atom is 0.194 e. The molecule has 0 radical (unpaired) electrons. The Bertz CT molecular complexity index is 665. The number of hydrogen-bond acceptors (Lipinski definition) is 1. The first-order valence-corrected chi connectivity index (χ1v) is 7.63. The lowest BCUT2D eigenvalue weighted by Gasteiger charge is -2.09. The van der Waals surface area contributed by atoms with Gasteiger partial charge in [-0.1, -0.05) is 27.5 Å². The van der Waals surface area contributed by atoms with Gasteiger partial charge in [0, 0.05) is 25.1 Å². The van der Waals surface area contributed by atoms with Crippen LogP contribution in [0, 0.1) is 13.8 Å². The monoisotopic (exact) mass is 400 g/mol. The molecule has 2 aromatic carbocycles. The number of hydrogen-bond donors (Lipinski definition) is 0. The van der Waals surface area contributed by atoms with Crippen LogP contribution in [-0.2, 0) is 0 Å². The Morgan fingerprint density at radius 2 is 1.63 bits per heavy atom. The van der Waals surface area contributed by atoms with Gasteiger partial charge in [-0.05, 0) is 71.2 Å². The fraction of sp³-hybridized carbons (Fsp3) is 0.133. The molecule has 4 heteroatoms. The molecule has 0 fully saturated rings. The van der Waals surface area contributed by atoms with Crippen molar-refractivity contribution in [1.82, 2.24) is 0 Å². The second-order valence-electron chi connectivity index (χ2n) is 4.37. The number of benzene rings is 2. The molecule has 0 saturated carbocycles. The minimum absolute atomic E-state index is 0.00311. The van der Waals surface area contributed by atoms with Crippen molar-refractivity contribution in [3.8, 4) is 0 Å². The van der Waals surface area contributed by atoms with E-state index >= 15 is 0 Å². The van der Waals surface area contributed by atoms with Crippen molar-refractivity contribution >= 4 is 49.2 Å². The van der Waals surface area contributed by atoms with Gasteiger partial charge in [0.25, 0.3) is 0 Å². The molecule has 98 valence electrons. The second-order valence-corrected chi connectivity index (χ2v) is 6.51. The summed E-state index contributed by atoms with van der Waals surface area (Å²) in [7, 11) is 0. The lowest BCUT2D eigenvalue weighted by atomic mass is 9.97. The van der Waals surface area contributed by atoms with Crippen molar-refractivity contribution in [1.29, 1.82) is 0 Å². The van der Waals surface area contributed by atoms with E-state index in [0.29, 0.717) is 20.6 Å². The Labute approximate surface area is 134 Å². The van der Waals surface area contributed by atoms with E-state index in [9.17, 15) is 4.79 Å². The lowest BCUT2D eigenvalue weighted by Crippen LogP contribution is -2.05. The highest BCUT2D eigenvalue weighted by Crippen LogP contribution is 2.27. The molecule has 0 aliphatic heterocycles. The molecule has 0 spiro atoms. The Hall–Kier alpha value is -0.640. The summed E-state index contributed by atoms with van der Waals surface area (Å²) in [5, 5.41) is 0.604. The van der Waals surface area contributed by atoms with Crippen LogP contribution in [0.3, 0.4) is 0 Å². The topological polar surface area (TPSA) is 17.1 Å². The van der Waals surface area contributed by atoms with Crippen molar-refractivity contribution in [3.63, 3.8) is 0 Å². The van der Waals surface area contributed by atoms with Crippen LogP contribution in [0.25, 0.3) is 0 Å². The van der Waals surface area contributed by atoms with Gasteiger partial charge in [0.05, 0.1) is 0 Å². The molecular weight excluding hydrogens is 391 g/mol. The fourth-order valence-electron chi connectivity index (χ4n) is 1.84. The molecule has 0 aromatic heterocycles. The third-order valence-corrected chi connectivity index (χ3v) is 4.67. The van der Waals surface area contributed by atoms with Gasteiger partial charge in [-0.15, -0.1) is 0 Å². The van der Waals surface area contributed by atoms with Crippen LogP contribution in [0.5, 0.6) is 0 Å². The minimum Gasteiger partial charge on any atom is -0.289 e. The van der Waals surface area contributed by atoms with Crippen LogP contribution in [0.4, 0.5) is 0 Å². The largest absolute Gasteiger partial charge is 0.289 e. The first kappa shape index (κ1) is 14.8. The molecule has 2 aromatic rings. The predicted octanol–water partition coefficient (Wildman–Crippen LogP) is 5.71. The van der Waals surface area contributed by atoms with E-state index in [-0.39, 0.29) is 5.78 Å². The summed E-state index contributed by atoms with van der Waals surface area (Å²) in [5.41, 5.74) is 3.32. The van der Waals surface area contributed by atoms with E-state index in [1.165, 1.54) is 0 Å². The zero-order chi connectivity index (χ0) is 14.2. The molecule has 1 nitrogen and oxygen atoms in total. The van der Waals surface area contributed by atoms with Crippen molar-refractivity contribution in [2.24, 2.45) is 0 Å². The van der Waals surface area contributed by atoms with Crippen LogP contribution in [0.1, 0.15) is 27.0 Å². The van der Waals surface area contributed by atoms with E-state index in [1.807, 2.05) is 26.0 Å². The van der Waals surface area contributed by atoms with Crippen molar-refractivity contribution in [2.75, 3.05) is 0 Å². The Morgan fingerprint density at radius 3 is 2.26 bits per heavy atom. The van der Waals surface area contributed by atoms with Crippen molar-refractivity contribution in [2.45, 2.75) is 13.8 Å². The molecule has 0 aliphatic carbocycles. The van der Waals surface area contributed by atoms with Crippen LogP contribution in [0.15, 0.2) is 39.3 Å². The quantitative estimate of drug-likeness (QED) is 0.588. The maximum atomic E-state index is 12.6. The molecule has 0 bridgehead atoms. The second kappa shape index (κ2) is 5.78. The molecule has 0 atom stereocenters. The third-order valence-electron chi connectivity index (χ3n) is 2.93. The molecule has 2 rings (SSSR count). The average molecular weight is 403 g/mol. The summed E-state index contributed by atoms with van der Waals surface area (Å²) < 4.78 is 1.72. The molecule has 0 amide bonds. The molecule has 0 unspecified atom stereocenters. The lowest BCUT2D eigenvalue weighted by molar-refractivity contribution is 0.103. The van der Waals surface area contributed by atoms with E-state index in [4.69, 9.17) is 11.6 Å². The SMILES string of the molecule is Cc1cc(C(=O)c2ccc(Cl)cc2Br)c(C)cc1Br. The fourth-order valence-corrected chi connectivity index (χ4v) is 3.16. The molecular formula is C15H11Br2ClO. The standard InChI is InChI=1S/C15H11Br2ClO/c1-8-6-13(16)9(2)5-12(8)15(19)11-4-3-10(18)7-14(11)17/h3-7H,1-2H3. The van der Waals surface area contributed by atoms with E-state index in [1.54, 1.807) is 18.2 Å². The van der Waals surface area contributed by atoms with Gasteiger partial charge in [0.15, 0.2) is 5.78 Å². The van der Waals surface area contributed by atoms with Crippen LogP contribution in [0.2, 0.25) is 5.02 Å². The summed E-state index contributed by atoms with van der Waals surface area (Å²) in [4.78, 5) is 12.6. The molecule has 0 saturated heterocycles.